The van der Waals surface area contributed by atoms with Crippen LogP contribution < -0.4 is 5.32 Å². The van der Waals surface area contributed by atoms with Crippen molar-refractivity contribution in [2.45, 2.75) is 16.8 Å². The molecule has 2 aromatic carbocycles. The Morgan fingerprint density at radius 2 is 1.83 bits per heavy atom. The third-order valence-corrected chi connectivity index (χ3v) is 7.49. The van der Waals surface area contributed by atoms with E-state index in [9.17, 15) is 14.4 Å². The first kappa shape index (κ1) is 20.9. The summed E-state index contributed by atoms with van der Waals surface area (Å²) in [5.41, 5.74) is 2.19. The molecular weight excluding hydrogens is 438 g/mol. The van der Waals surface area contributed by atoms with Crippen molar-refractivity contribution in [1.29, 1.82) is 0 Å². The smallest absolute Gasteiger partial charge is 0.262 e. The molecule has 1 N–H and O–H groups in total. The molecule has 4 rings (SSSR count). The summed E-state index contributed by atoms with van der Waals surface area (Å²) in [7, 11) is 0. The monoisotopic (exact) mass is 457 g/mol. The van der Waals surface area contributed by atoms with Crippen molar-refractivity contribution in [2.24, 2.45) is 0 Å². The number of aromatic nitrogens is 1. The summed E-state index contributed by atoms with van der Waals surface area (Å²) in [4.78, 5) is 44.5. The zero-order valence-corrected chi connectivity index (χ0v) is 18.8. The molecule has 1 aromatic heterocycles. The second kappa shape index (κ2) is 8.79. The standard InChI is InChI=1S/C21H19N3O3S3/c1-28-10-9-16(24-19(26)13-5-3-4-6-14(13)20(24)27)18(25)22-12-7-8-15-17(11-12)30-21(23-15)29-2/h3-8,11,16H,9-10H2,1-2H3,(H,22,25)/t16-/m0/s1. The van der Waals surface area contributed by atoms with Crippen molar-refractivity contribution in [2.75, 3.05) is 23.6 Å². The van der Waals surface area contributed by atoms with E-state index in [1.54, 1.807) is 65.2 Å². The maximum atomic E-state index is 13.2. The van der Waals surface area contributed by atoms with Gasteiger partial charge in [-0.2, -0.15) is 11.8 Å². The number of hydrogen-bond acceptors (Lipinski definition) is 7. The van der Waals surface area contributed by atoms with Gasteiger partial charge in [-0.05, 0) is 55.0 Å². The molecule has 9 heteroatoms. The number of thiazole rings is 1. The predicted octanol–water partition coefficient (Wildman–Crippen LogP) is 4.37. The number of carbonyl (C=O) groups is 3. The molecule has 0 aliphatic carbocycles. The van der Waals surface area contributed by atoms with Crippen LogP contribution in [0.1, 0.15) is 27.1 Å². The van der Waals surface area contributed by atoms with E-state index < -0.39 is 17.9 Å². The Balaban J connectivity index is 1.60. The zero-order chi connectivity index (χ0) is 21.3. The van der Waals surface area contributed by atoms with E-state index in [0.29, 0.717) is 29.0 Å². The molecule has 1 aliphatic heterocycles. The van der Waals surface area contributed by atoms with E-state index in [1.807, 2.05) is 24.6 Å². The fraction of sp³-hybridized carbons (Fsp3) is 0.238. The van der Waals surface area contributed by atoms with Gasteiger partial charge in [-0.25, -0.2) is 4.98 Å². The number of fused-ring (bicyclic) bond motifs is 2. The molecule has 1 atom stereocenters. The number of nitrogens with one attached hydrogen (secondary N) is 1. The lowest BCUT2D eigenvalue weighted by molar-refractivity contribution is -0.120. The van der Waals surface area contributed by atoms with Crippen LogP contribution in [0.4, 0.5) is 5.69 Å². The average molecular weight is 458 g/mol. The number of imide groups is 1. The van der Waals surface area contributed by atoms with Crippen LogP contribution in [0.5, 0.6) is 0 Å². The van der Waals surface area contributed by atoms with Crippen molar-refractivity contribution in [3.63, 3.8) is 0 Å². The molecule has 30 heavy (non-hydrogen) atoms. The van der Waals surface area contributed by atoms with Gasteiger partial charge in [-0.3, -0.25) is 19.3 Å². The third-order valence-electron chi connectivity index (χ3n) is 4.85. The number of carbonyl (C=O) groups excluding carboxylic acids is 3. The highest BCUT2D eigenvalue weighted by Gasteiger charge is 2.42. The number of anilines is 1. The van der Waals surface area contributed by atoms with Crippen LogP contribution in [0, 0.1) is 0 Å². The first-order valence-corrected chi connectivity index (χ1v) is 12.7. The fourth-order valence-corrected chi connectivity index (χ4v) is 5.38. The molecule has 0 fully saturated rings. The van der Waals surface area contributed by atoms with Gasteiger partial charge in [-0.1, -0.05) is 23.9 Å². The van der Waals surface area contributed by atoms with Gasteiger partial charge in [0.2, 0.25) is 5.91 Å². The van der Waals surface area contributed by atoms with Crippen LogP contribution in [0.15, 0.2) is 46.8 Å². The molecule has 6 nitrogen and oxygen atoms in total. The molecule has 1 aliphatic rings. The molecule has 2 heterocycles. The second-order valence-corrected chi connectivity index (χ2v) is 9.75. The Labute approximate surface area is 186 Å². The van der Waals surface area contributed by atoms with E-state index in [1.165, 1.54) is 0 Å². The molecule has 3 aromatic rings. The van der Waals surface area contributed by atoms with E-state index in [-0.39, 0.29) is 5.91 Å². The molecular formula is C21H19N3O3S3. The van der Waals surface area contributed by atoms with Crippen molar-refractivity contribution in [3.05, 3.63) is 53.6 Å². The lowest BCUT2D eigenvalue weighted by Crippen LogP contribution is -2.47. The summed E-state index contributed by atoms with van der Waals surface area (Å²) in [6.45, 7) is 0. The Morgan fingerprint density at radius 3 is 2.47 bits per heavy atom. The van der Waals surface area contributed by atoms with Crippen LogP contribution in [-0.2, 0) is 4.79 Å². The number of nitrogens with zero attached hydrogens (tertiary/aromatic N) is 2. The summed E-state index contributed by atoms with van der Waals surface area (Å²) in [5.74, 6) is -0.553. The lowest BCUT2D eigenvalue weighted by Gasteiger charge is -2.25. The first-order chi connectivity index (χ1) is 14.5. The Bertz CT molecular complexity index is 1110. The number of benzene rings is 2. The Kier molecular flexibility index (Phi) is 6.12. The summed E-state index contributed by atoms with van der Waals surface area (Å²) in [6.07, 6.45) is 4.29. The van der Waals surface area contributed by atoms with Gasteiger partial charge in [-0.15, -0.1) is 11.3 Å². The van der Waals surface area contributed by atoms with Crippen molar-refractivity contribution >= 4 is 68.5 Å². The molecule has 0 unspecified atom stereocenters. The third kappa shape index (κ3) is 3.84. The molecule has 0 bridgehead atoms. The largest absolute Gasteiger partial charge is 0.324 e. The summed E-state index contributed by atoms with van der Waals surface area (Å²) < 4.78 is 1.93. The minimum Gasteiger partial charge on any atom is -0.324 e. The Hall–Kier alpha value is -2.36. The summed E-state index contributed by atoms with van der Waals surface area (Å²) in [5, 5.41) is 2.89. The quantitative estimate of drug-likeness (QED) is 0.419. The van der Waals surface area contributed by atoms with Gasteiger partial charge in [0, 0.05) is 5.69 Å². The van der Waals surface area contributed by atoms with Crippen molar-refractivity contribution < 1.29 is 14.4 Å². The van der Waals surface area contributed by atoms with Crippen LogP contribution in [-0.4, -0.2) is 51.9 Å². The molecule has 0 radical (unpaired) electrons. The molecule has 3 amide bonds. The lowest BCUT2D eigenvalue weighted by atomic mass is 10.1. The van der Waals surface area contributed by atoms with Crippen molar-refractivity contribution in [1.82, 2.24) is 9.88 Å². The minimum absolute atomic E-state index is 0.347. The summed E-state index contributed by atoms with van der Waals surface area (Å²) in [6, 6.07) is 11.3. The van der Waals surface area contributed by atoms with E-state index in [0.717, 1.165) is 19.5 Å². The molecule has 0 spiro atoms. The van der Waals surface area contributed by atoms with Gasteiger partial charge in [0.15, 0.2) is 4.34 Å². The molecule has 0 saturated carbocycles. The van der Waals surface area contributed by atoms with Crippen LogP contribution in [0.3, 0.4) is 0 Å². The van der Waals surface area contributed by atoms with Crippen LogP contribution >= 0.6 is 34.9 Å². The highest BCUT2D eigenvalue weighted by Crippen LogP contribution is 2.31. The first-order valence-electron chi connectivity index (χ1n) is 9.24. The maximum absolute atomic E-state index is 13.2. The number of thioether (sulfide) groups is 2. The minimum atomic E-state index is -0.872. The predicted molar refractivity (Wildman–Crippen MR) is 124 cm³/mol. The highest BCUT2D eigenvalue weighted by molar-refractivity contribution is 8.00. The molecule has 0 saturated heterocycles. The van der Waals surface area contributed by atoms with E-state index in [2.05, 4.69) is 10.3 Å². The van der Waals surface area contributed by atoms with Gasteiger partial charge in [0.1, 0.15) is 6.04 Å². The maximum Gasteiger partial charge on any atom is 0.262 e. The van der Waals surface area contributed by atoms with Gasteiger partial charge < -0.3 is 5.32 Å². The van der Waals surface area contributed by atoms with E-state index in [4.69, 9.17) is 0 Å². The Morgan fingerprint density at radius 1 is 1.13 bits per heavy atom. The van der Waals surface area contributed by atoms with Crippen LogP contribution in [0.2, 0.25) is 0 Å². The molecule has 154 valence electrons. The van der Waals surface area contributed by atoms with Gasteiger partial charge >= 0.3 is 0 Å². The summed E-state index contributed by atoms with van der Waals surface area (Å²) >= 11 is 4.70. The van der Waals surface area contributed by atoms with Gasteiger partial charge in [0.25, 0.3) is 11.8 Å². The van der Waals surface area contributed by atoms with Crippen molar-refractivity contribution in [3.8, 4) is 0 Å². The SMILES string of the molecule is CSCC[C@@H](C(=O)Nc1ccc2nc(SC)sc2c1)N1C(=O)c2ccccc2C1=O. The number of amides is 3. The fourth-order valence-electron chi connectivity index (χ4n) is 3.39. The zero-order valence-electron chi connectivity index (χ0n) is 16.4. The number of rotatable bonds is 7. The van der Waals surface area contributed by atoms with Crippen LogP contribution in [0.25, 0.3) is 10.2 Å². The van der Waals surface area contributed by atoms with Gasteiger partial charge in [0.05, 0.1) is 21.3 Å². The topological polar surface area (TPSA) is 79.4 Å². The number of hydrogen-bond donors (Lipinski definition) is 1. The average Bonchev–Trinajstić information content (AvgIpc) is 3.28. The van der Waals surface area contributed by atoms with E-state index >= 15 is 0 Å². The normalized spacial score (nSPS) is 14.3. The highest BCUT2D eigenvalue weighted by atomic mass is 32.2. The second-order valence-electron chi connectivity index (χ2n) is 6.68.